The van der Waals surface area contributed by atoms with Crippen molar-refractivity contribution in [2.24, 2.45) is 0 Å². The summed E-state index contributed by atoms with van der Waals surface area (Å²) in [6.45, 7) is -0.579. The van der Waals surface area contributed by atoms with Gasteiger partial charge in [0.15, 0.2) is 5.82 Å². The molecule has 30 heavy (non-hydrogen) atoms. The molecule has 0 unspecified atom stereocenters. The van der Waals surface area contributed by atoms with Crippen LogP contribution in [-0.2, 0) is 6.18 Å². The van der Waals surface area contributed by atoms with E-state index in [9.17, 15) is 31.1 Å². The molecule has 1 N–H and O–H groups in total. The van der Waals surface area contributed by atoms with Gasteiger partial charge < -0.3 is 5.32 Å². The standard InChI is InChI=1S/C19H18F6N4O/c20-18(21,22)11-29-7-5-13(6-8-29)28-17(30)12-9-26-16(27-10-12)14-3-1-2-4-15(14)19(23,24)25/h1-4,9-10,13H,5-8,11H2,(H,28,30). The number of benzene rings is 1. The SMILES string of the molecule is O=C(NC1CCN(CC(F)(F)F)CC1)c1cnc(-c2ccccc2C(F)(F)F)nc1. The van der Waals surface area contributed by atoms with Crippen LogP contribution in [0.5, 0.6) is 0 Å². The average molecular weight is 432 g/mol. The van der Waals surface area contributed by atoms with Gasteiger partial charge in [0.25, 0.3) is 5.91 Å². The van der Waals surface area contributed by atoms with Gasteiger partial charge in [-0.3, -0.25) is 9.69 Å². The lowest BCUT2D eigenvalue weighted by atomic mass is 10.0. The van der Waals surface area contributed by atoms with Crippen LogP contribution in [0.4, 0.5) is 26.3 Å². The molecule has 0 atom stereocenters. The Morgan fingerprint density at radius 3 is 2.20 bits per heavy atom. The van der Waals surface area contributed by atoms with Crippen LogP contribution in [0.2, 0.25) is 0 Å². The number of aromatic nitrogens is 2. The van der Waals surface area contributed by atoms with E-state index < -0.39 is 30.4 Å². The Hall–Kier alpha value is -2.69. The van der Waals surface area contributed by atoms with Gasteiger partial charge in [0.2, 0.25) is 0 Å². The fourth-order valence-electron chi connectivity index (χ4n) is 3.27. The van der Waals surface area contributed by atoms with Crippen molar-refractivity contribution in [3.63, 3.8) is 0 Å². The second kappa shape index (κ2) is 8.58. The van der Waals surface area contributed by atoms with Crippen molar-refractivity contribution in [1.29, 1.82) is 0 Å². The summed E-state index contributed by atoms with van der Waals surface area (Å²) in [5, 5.41) is 2.71. The number of hydrogen-bond acceptors (Lipinski definition) is 4. The van der Waals surface area contributed by atoms with Crippen molar-refractivity contribution in [3.05, 3.63) is 47.8 Å². The van der Waals surface area contributed by atoms with Crippen LogP contribution in [0, 0.1) is 0 Å². The highest BCUT2D eigenvalue weighted by molar-refractivity contribution is 5.93. The van der Waals surface area contributed by atoms with Crippen molar-refractivity contribution in [2.45, 2.75) is 31.2 Å². The fourth-order valence-corrected chi connectivity index (χ4v) is 3.27. The maximum Gasteiger partial charge on any atom is 0.417 e. The largest absolute Gasteiger partial charge is 0.417 e. The molecule has 1 aliphatic rings. The molecule has 2 heterocycles. The summed E-state index contributed by atoms with van der Waals surface area (Å²) in [6.07, 6.45) is -5.86. The summed E-state index contributed by atoms with van der Waals surface area (Å²) in [4.78, 5) is 21.4. The van der Waals surface area contributed by atoms with Gasteiger partial charge in [-0.2, -0.15) is 26.3 Å². The summed E-state index contributed by atoms with van der Waals surface area (Å²) in [5.41, 5.74) is -1.03. The smallest absolute Gasteiger partial charge is 0.349 e. The molecule has 2 aromatic rings. The lowest BCUT2D eigenvalue weighted by Gasteiger charge is -2.32. The maximum atomic E-state index is 13.1. The van der Waals surface area contributed by atoms with Crippen molar-refractivity contribution in [1.82, 2.24) is 20.2 Å². The van der Waals surface area contributed by atoms with Gasteiger partial charge in [-0.15, -0.1) is 0 Å². The number of carbonyl (C=O) groups excluding carboxylic acids is 1. The molecule has 162 valence electrons. The minimum Gasteiger partial charge on any atom is -0.349 e. The summed E-state index contributed by atoms with van der Waals surface area (Å²) in [5.74, 6) is -0.695. The predicted molar refractivity (Wildman–Crippen MR) is 95.5 cm³/mol. The van der Waals surface area contributed by atoms with Gasteiger partial charge in [0.1, 0.15) is 0 Å². The maximum absolute atomic E-state index is 13.1. The minimum atomic E-state index is -4.57. The van der Waals surface area contributed by atoms with E-state index >= 15 is 0 Å². The summed E-state index contributed by atoms with van der Waals surface area (Å²) < 4.78 is 76.7. The number of halogens is 6. The normalized spacial score (nSPS) is 16.5. The molecule has 0 spiro atoms. The Kier molecular flexibility index (Phi) is 6.30. The number of alkyl halides is 6. The third kappa shape index (κ3) is 5.68. The average Bonchev–Trinajstić information content (AvgIpc) is 2.68. The van der Waals surface area contributed by atoms with E-state index in [0.29, 0.717) is 12.8 Å². The van der Waals surface area contributed by atoms with Gasteiger partial charge >= 0.3 is 12.4 Å². The van der Waals surface area contributed by atoms with Crippen LogP contribution in [-0.4, -0.2) is 52.6 Å². The molecule has 0 saturated carbocycles. The summed E-state index contributed by atoms with van der Waals surface area (Å²) in [6, 6.07) is 4.55. The number of nitrogens with zero attached hydrogens (tertiary/aromatic N) is 3. The molecule has 1 amide bonds. The number of nitrogens with one attached hydrogen (secondary N) is 1. The van der Waals surface area contributed by atoms with Gasteiger partial charge in [0, 0.05) is 37.1 Å². The van der Waals surface area contributed by atoms with Crippen LogP contribution < -0.4 is 5.32 Å². The van der Waals surface area contributed by atoms with E-state index in [-0.39, 0.29) is 36.1 Å². The van der Waals surface area contributed by atoms with Gasteiger partial charge in [-0.25, -0.2) is 9.97 Å². The lowest BCUT2D eigenvalue weighted by molar-refractivity contribution is -0.148. The molecule has 1 aliphatic heterocycles. The molecular weight excluding hydrogens is 414 g/mol. The fraction of sp³-hybridized carbons (Fsp3) is 0.421. The van der Waals surface area contributed by atoms with Crippen LogP contribution >= 0.6 is 0 Å². The molecule has 5 nitrogen and oxygen atoms in total. The van der Waals surface area contributed by atoms with Crippen molar-refractivity contribution < 1.29 is 31.1 Å². The molecule has 0 radical (unpaired) electrons. The summed E-state index contributed by atoms with van der Waals surface area (Å²) >= 11 is 0. The second-order valence-electron chi connectivity index (χ2n) is 6.98. The van der Waals surface area contributed by atoms with Crippen LogP contribution in [0.1, 0.15) is 28.8 Å². The topological polar surface area (TPSA) is 58.1 Å². The molecule has 1 aromatic carbocycles. The predicted octanol–water partition coefficient (Wildman–Crippen LogP) is 3.92. The van der Waals surface area contributed by atoms with Gasteiger partial charge in [-0.05, 0) is 18.9 Å². The van der Waals surface area contributed by atoms with E-state index in [0.717, 1.165) is 18.5 Å². The number of piperidine rings is 1. The van der Waals surface area contributed by atoms with E-state index in [2.05, 4.69) is 15.3 Å². The minimum absolute atomic E-state index is 0.0564. The zero-order valence-electron chi connectivity index (χ0n) is 15.6. The molecule has 1 fully saturated rings. The van der Waals surface area contributed by atoms with Crippen molar-refractivity contribution in [3.8, 4) is 11.4 Å². The van der Waals surface area contributed by atoms with E-state index in [1.54, 1.807) is 0 Å². The third-order valence-corrected chi connectivity index (χ3v) is 4.71. The molecule has 1 aromatic heterocycles. The molecule has 0 bridgehead atoms. The Morgan fingerprint density at radius 2 is 1.63 bits per heavy atom. The molecular formula is C19H18F6N4O. The Balaban J connectivity index is 1.62. The Bertz CT molecular complexity index is 874. The van der Waals surface area contributed by atoms with Gasteiger partial charge in [0.05, 0.1) is 17.7 Å². The highest BCUT2D eigenvalue weighted by atomic mass is 19.4. The quantitative estimate of drug-likeness (QED) is 0.745. The molecule has 3 rings (SSSR count). The Morgan fingerprint density at radius 1 is 1.03 bits per heavy atom. The third-order valence-electron chi connectivity index (χ3n) is 4.71. The number of amides is 1. The number of rotatable bonds is 4. The van der Waals surface area contributed by atoms with Crippen LogP contribution in [0.15, 0.2) is 36.7 Å². The second-order valence-corrected chi connectivity index (χ2v) is 6.98. The van der Waals surface area contributed by atoms with E-state index in [4.69, 9.17) is 0 Å². The van der Waals surface area contributed by atoms with Crippen LogP contribution in [0.3, 0.4) is 0 Å². The lowest BCUT2D eigenvalue weighted by Crippen LogP contribution is -2.47. The van der Waals surface area contributed by atoms with E-state index in [1.807, 2.05) is 0 Å². The summed E-state index contributed by atoms with van der Waals surface area (Å²) in [7, 11) is 0. The molecule has 11 heteroatoms. The number of likely N-dealkylation sites (tertiary alicyclic amines) is 1. The number of hydrogen-bond donors (Lipinski definition) is 1. The first-order valence-corrected chi connectivity index (χ1v) is 9.11. The van der Waals surface area contributed by atoms with E-state index in [1.165, 1.54) is 23.1 Å². The Labute approximate surface area is 168 Å². The first-order valence-electron chi connectivity index (χ1n) is 9.11. The zero-order chi connectivity index (χ0) is 21.9. The van der Waals surface area contributed by atoms with Gasteiger partial charge in [-0.1, -0.05) is 18.2 Å². The first-order chi connectivity index (χ1) is 14.0. The molecule has 1 saturated heterocycles. The van der Waals surface area contributed by atoms with Crippen molar-refractivity contribution >= 4 is 5.91 Å². The highest BCUT2D eigenvalue weighted by Crippen LogP contribution is 2.35. The van der Waals surface area contributed by atoms with Crippen LogP contribution in [0.25, 0.3) is 11.4 Å². The monoisotopic (exact) mass is 432 g/mol. The first kappa shape index (κ1) is 22.0. The van der Waals surface area contributed by atoms with Crippen molar-refractivity contribution in [2.75, 3.05) is 19.6 Å². The number of carbonyl (C=O) groups is 1. The zero-order valence-corrected chi connectivity index (χ0v) is 15.6. The molecule has 0 aliphatic carbocycles. The highest BCUT2D eigenvalue weighted by Gasteiger charge is 2.34.